The summed E-state index contributed by atoms with van der Waals surface area (Å²) in [6, 6.07) is 16.7. The van der Waals surface area contributed by atoms with E-state index in [1.165, 1.54) is 4.90 Å². The molecule has 0 bridgehead atoms. The van der Waals surface area contributed by atoms with E-state index in [0.717, 1.165) is 38.3 Å². The summed E-state index contributed by atoms with van der Waals surface area (Å²) in [4.78, 5) is 30.7. The first-order chi connectivity index (χ1) is 15.0. The summed E-state index contributed by atoms with van der Waals surface area (Å²) >= 11 is 6.06. The average Bonchev–Trinajstić information content (AvgIpc) is 3.01. The number of rotatable bonds is 6. The molecule has 0 saturated carbocycles. The third-order valence-corrected chi connectivity index (χ3v) is 5.59. The molecule has 2 amide bonds. The summed E-state index contributed by atoms with van der Waals surface area (Å²) in [7, 11) is 1.63. The van der Waals surface area contributed by atoms with Gasteiger partial charge >= 0.3 is 0 Å². The number of hydrogen-bond donors (Lipinski definition) is 1. The fourth-order valence-electron chi connectivity index (χ4n) is 3.50. The Labute approximate surface area is 187 Å². The second kappa shape index (κ2) is 10.8. The fraction of sp³-hybridized carbons (Fsp3) is 0.348. The molecule has 8 heteroatoms. The number of anilines is 2. The van der Waals surface area contributed by atoms with Gasteiger partial charge in [0.1, 0.15) is 0 Å². The van der Waals surface area contributed by atoms with Crippen molar-refractivity contribution < 1.29 is 9.59 Å². The van der Waals surface area contributed by atoms with Crippen LogP contribution in [-0.2, 0) is 9.59 Å². The van der Waals surface area contributed by atoms with Crippen LogP contribution in [0.5, 0.6) is 0 Å². The third-order valence-electron chi connectivity index (χ3n) is 5.26. The van der Waals surface area contributed by atoms with Crippen LogP contribution in [0.2, 0.25) is 5.02 Å². The second-order valence-corrected chi connectivity index (χ2v) is 7.96. The lowest BCUT2D eigenvalue weighted by molar-refractivity contribution is -0.134. The second-order valence-electron chi connectivity index (χ2n) is 7.55. The third kappa shape index (κ3) is 6.45. The summed E-state index contributed by atoms with van der Waals surface area (Å²) in [6.45, 7) is 3.51. The number of amides is 2. The van der Waals surface area contributed by atoms with Gasteiger partial charge in [0.25, 0.3) is 0 Å². The van der Waals surface area contributed by atoms with Gasteiger partial charge in [-0.3, -0.25) is 14.5 Å². The smallest absolute Gasteiger partial charge is 0.244 e. The molecule has 0 aliphatic carbocycles. The summed E-state index contributed by atoms with van der Waals surface area (Å²) in [5.74, 6) is -0.382. The Bertz CT molecular complexity index is 957. The van der Waals surface area contributed by atoms with Gasteiger partial charge in [0.2, 0.25) is 11.8 Å². The van der Waals surface area contributed by atoms with Crippen LogP contribution in [0.25, 0.3) is 0 Å². The zero-order chi connectivity index (χ0) is 22.2. The molecule has 0 spiro atoms. The molecule has 0 unspecified atom stereocenters. The molecule has 1 heterocycles. The first-order valence-corrected chi connectivity index (χ1v) is 10.6. The Hall–Kier alpha value is -3.08. The predicted octanol–water partition coefficient (Wildman–Crippen LogP) is 2.82. The molecule has 1 N–H and O–H groups in total. The highest BCUT2D eigenvalue weighted by Crippen LogP contribution is 2.20. The summed E-state index contributed by atoms with van der Waals surface area (Å²) in [6.07, 6.45) is 0.935. The molecule has 1 saturated heterocycles. The lowest BCUT2D eigenvalue weighted by atomic mass is 10.2. The maximum atomic E-state index is 12.6. The van der Waals surface area contributed by atoms with Gasteiger partial charge in [-0.2, -0.15) is 5.26 Å². The van der Waals surface area contributed by atoms with Crippen molar-refractivity contribution in [1.29, 1.82) is 5.26 Å². The molecule has 3 rings (SSSR count). The minimum atomic E-state index is -0.285. The summed E-state index contributed by atoms with van der Waals surface area (Å²) in [5, 5.41) is 12.1. The normalized spacial score (nSPS) is 14.4. The van der Waals surface area contributed by atoms with Crippen molar-refractivity contribution in [1.82, 2.24) is 9.80 Å². The Morgan fingerprint density at radius 2 is 1.84 bits per heavy atom. The standard InChI is InChI=1S/C23H26ClN5O2/c1-27(16-22(30)26-21-6-3-2-5-20(21)24)23(31)17-28-11-4-12-29(14-13-28)19-9-7-18(15-25)8-10-19/h2-3,5-10H,4,11-14,16-17H2,1H3,(H,26,30). The maximum absolute atomic E-state index is 12.6. The van der Waals surface area contributed by atoms with Crippen LogP contribution < -0.4 is 10.2 Å². The largest absolute Gasteiger partial charge is 0.370 e. The highest BCUT2D eigenvalue weighted by atomic mass is 35.5. The van der Waals surface area contributed by atoms with Crippen molar-refractivity contribution in [2.45, 2.75) is 6.42 Å². The number of para-hydroxylation sites is 1. The highest BCUT2D eigenvalue weighted by molar-refractivity contribution is 6.33. The van der Waals surface area contributed by atoms with E-state index in [0.29, 0.717) is 16.3 Å². The Balaban J connectivity index is 1.47. The van der Waals surface area contributed by atoms with Gasteiger partial charge in [0.15, 0.2) is 0 Å². The Kier molecular flexibility index (Phi) is 7.88. The topological polar surface area (TPSA) is 79.7 Å². The molecule has 1 aliphatic rings. The number of carbonyl (C=O) groups excluding carboxylic acids is 2. The number of nitriles is 1. The zero-order valence-corrected chi connectivity index (χ0v) is 18.3. The van der Waals surface area contributed by atoms with Crippen LogP contribution in [0.1, 0.15) is 12.0 Å². The van der Waals surface area contributed by atoms with Crippen LogP contribution in [0.4, 0.5) is 11.4 Å². The molecular weight excluding hydrogens is 414 g/mol. The molecule has 2 aromatic rings. The fourth-order valence-corrected chi connectivity index (χ4v) is 3.68. The number of nitrogens with zero attached hydrogens (tertiary/aromatic N) is 4. The molecule has 31 heavy (non-hydrogen) atoms. The van der Waals surface area contributed by atoms with E-state index in [1.54, 1.807) is 31.3 Å². The molecule has 2 aromatic carbocycles. The average molecular weight is 440 g/mol. The van der Waals surface area contributed by atoms with Gasteiger partial charge in [-0.1, -0.05) is 23.7 Å². The number of carbonyl (C=O) groups is 2. The lowest BCUT2D eigenvalue weighted by Gasteiger charge is -2.25. The highest BCUT2D eigenvalue weighted by Gasteiger charge is 2.20. The maximum Gasteiger partial charge on any atom is 0.244 e. The van der Waals surface area contributed by atoms with E-state index in [1.807, 2.05) is 24.3 Å². The van der Waals surface area contributed by atoms with E-state index in [9.17, 15) is 9.59 Å². The molecule has 162 valence electrons. The minimum absolute atomic E-state index is 0.0325. The molecule has 0 aromatic heterocycles. The predicted molar refractivity (Wildman–Crippen MR) is 122 cm³/mol. The summed E-state index contributed by atoms with van der Waals surface area (Å²) < 4.78 is 0. The van der Waals surface area contributed by atoms with Gasteiger partial charge in [0.05, 0.1) is 35.4 Å². The van der Waals surface area contributed by atoms with Gasteiger partial charge < -0.3 is 15.1 Å². The Morgan fingerprint density at radius 1 is 1.10 bits per heavy atom. The van der Waals surface area contributed by atoms with Gasteiger partial charge in [-0.25, -0.2) is 0 Å². The van der Waals surface area contributed by atoms with Crippen molar-refractivity contribution in [2.75, 3.05) is 56.5 Å². The molecule has 1 aliphatic heterocycles. The SMILES string of the molecule is CN(CC(=O)Nc1ccccc1Cl)C(=O)CN1CCCN(c2ccc(C#N)cc2)CC1. The molecule has 1 fully saturated rings. The quantitative estimate of drug-likeness (QED) is 0.748. The van der Waals surface area contributed by atoms with E-state index in [2.05, 4.69) is 21.2 Å². The molecule has 7 nitrogen and oxygen atoms in total. The van der Waals surface area contributed by atoms with Gasteiger partial charge in [-0.15, -0.1) is 0 Å². The van der Waals surface area contributed by atoms with Crippen molar-refractivity contribution in [2.24, 2.45) is 0 Å². The zero-order valence-electron chi connectivity index (χ0n) is 17.6. The van der Waals surface area contributed by atoms with Crippen LogP contribution in [-0.4, -0.2) is 67.9 Å². The molecule has 0 radical (unpaired) electrons. The van der Waals surface area contributed by atoms with E-state index in [-0.39, 0.29) is 24.9 Å². The first kappa shape index (κ1) is 22.6. The van der Waals surface area contributed by atoms with E-state index < -0.39 is 0 Å². The lowest BCUT2D eigenvalue weighted by Crippen LogP contribution is -2.42. The van der Waals surface area contributed by atoms with Crippen LogP contribution in [0.3, 0.4) is 0 Å². The number of nitrogens with one attached hydrogen (secondary N) is 1. The van der Waals surface area contributed by atoms with Crippen LogP contribution >= 0.6 is 11.6 Å². The van der Waals surface area contributed by atoms with E-state index >= 15 is 0 Å². The summed E-state index contributed by atoms with van der Waals surface area (Å²) in [5.41, 5.74) is 2.26. The molecule has 0 atom stereocenters. The van der Waals surface area contributed by atoms with Gasteiger partial charge in [-0.05, 0) is 42.8 Å². The number of halogens is 1. The van der Waals surface area contributed by atoms with E-state index in [4.69, 9.17) is 16.9 Å². The minimum Gasteiger partial charge on any atom is -0.370 e. The monoisotopic (exact) mass is 439 g/mol. The van der Waals surface area contributed by atoms with Gasteiger partial charge in [0, 0.05) is 38.9 Å². The van der Waals surface area contributed by atoms with Crippen LogP contribution in [0.15, 0.2) is 48.5 Å². The number of likely N-dealkylation sites (N-methyl/N-ethyl adjacent to an activating group) is 1. The number of hydrogen-bond acceptors (Lipinski definition) is 5. The Morgan fingerprint density at radius 3 is 2.55 bits per heavy atom. The molecular formula is C23H26ClN5O2. The van der Waals surface area contributed by atoms with Crippen LogP contribution in [0, 0.1) is 11.3 Å². The van der Waals surface area contributed by atoms with Crippen molar-refractivity contribution in [3.05, 3.63) is 59.1 Å². The van der Waals surface area contributed by atoms with Crippen molar-refractivity contribution in [3.8, 4) is 6.07 Å². The van der Waals surface area contributed by atoms with Crippen molar-refractivity contribution in [3.63, 3.8) is 0 Å². The van der Waals surface area contributed by atoms with Crippen molar-refractivity contribution >= 4 is 34.8 Å². The number of benzene rings is 2. The first-order valence-electron chi connectivity index (χ1n) is 10.2.